The molecule has 72 valence electrons. The maximum atomic E-state index is 5.34. The quantitative estimate of drug-likeness (QED) is 0.594. The molecule has 0 amide bonds. The number of hydrogen-bond acceptors (Lipinski definition) is 2. The van der Waals surface area contributed by atoms with Gasteiger partial charge in [-0.1, -0.05) is 30.3 Å². The van der Waals surface area contributed by atoms with Crippen LogP contribution in [0.25, 0.3) is 22.2 Å². The van der Waals surface area contributed by atoms with E-state index in [1.54, 1.807) is 12.5 Å². The maximum absolute atomic E-state index is 5.34. The number of furan rings is 1. The second kappa shape index (κ2) is 3.24. The van der Waals surface area contributed by atoms with Gasteiger partial charge in [0.25, 0.3) is 0 Å². The molecule has 2 aromatic heterocycles. The molecule has 0 aliphatic rings. The summed E-state index contributed by atoms with van der Waals surface area (Å²) in [5.41, 5.74) is 2.97. The van der Waals surface area contributed by atoms with E-state index in [2.05, 4.69) is 17.1 Å². The summed E-state index contributed by atoms with van der Waals surface area (Å²) in [6.07, 6.45) is 3.47. The maximum Gasteiger partial charge on any atom is 0.137 e. The molecule has 15 heavy (non-hydrogen) atoms. The van der Waals surface area contributed by atoms with Crippen LogP contribution in [0.2, 0.25) is 0 Å². The molecular formula is C13H9NO. The average molecular weight is 195 g/mol. The van der Waals surface area contributed by atoms with Gasteiger partial charge in [0.1, 0.15) is 5.58 Å². The van der Waals surface area contributed by atoms with Gasteiger partial charge in [-0.05, 0) is 12.1 Å². The molecule has 0 aliphatic carbocycles. The van der Waals surface area contributed by atoms with Crippen molar-refractivity contribution >= 4 is 11.0 Å². The normalized spacial score (nSPS) is 10.7. The number of rotatable bonds is 1. The van der Waals surface area contributed by atoms with Gasteiger partial charge in [-0.25, -0.2) is 0 Å². The fourth-order valence-corrected chi connectivity index (χ4v) is 1.72. The van der Waals surface area contributed by atoms with Gasteiger partial charge in [0.15, 0.2) is 0 Å². The van der Waals surface area contributed by atoms with E-state index in [1.165, 1.54) is 0 Å². The van der Waals surface area contributed by atoms with E-state index in [0.29, 0.717) is 0 Å². The molecule has 0 unspecified atom stereocenters. The third-order valence-electron chi connectivity index (χ3n) is 2.43. The molecule has 0 saturated carbocycles. The van der Waals surface area contributed by atoms with Gasteiger partial charge in [0.2, 0.25) is 0 Å². The van der Waals surface area contributed by atoms with Crippen molar-refractivity contribution in [3.05, 3.63) is 54.9 Å². The van der Waals surface area contributed by atoms with Gasteiger partial charge >= 0.3 is 0 Å². The molecule has 2 heteroatoms. The van der Waals surface area contributed by atoms with Gasteiger partial charge in [-0.15, -0.1) is 0 Å². The van der Waals surface area contributed by atoms with Crippen molar-refractivity contribution in [2.45, 2.75) is 0 Å². The summed E-state index contributed by atoms with van der Waals surface area (Å²) >= 11 is 0. The molecule has 0 N–H and O–H groups in total. The van der Waals surface area contributed by atoms with Crippen LogP contribution in [0, 0.1) is 0 Å². The highest BCUT2D eigenvalue weighted by atomic mass is 16.3. The predicted molar refractivity (Wildman–Crippen MR) is 59.4 cm³/mol. The van der Waals surface area contributed by atoms with Crippen molar-refractivity contribution < 1.29 is 4.42 Å². The number of hydrogen-bond donors (Lipinski definition) is 0. The van der Waals surface area contributed by atoms with E-state index in [0.717, 1.165) is 22.2 Å². The highest BCUT2D eigenvalue weighted by Crippen LogP contribution is 2.26. The molecule has 2 heterocycles. The van der Waals surface area contributed by atoms with Crippen LogP contribution in [-0.2, 0) is 0 Å². The lowest BCUT2D eigenvalue weighted by molar-refractivity contribution is 0.615. The summed E-state index contributed by atoms with van der Waals surface area (Å²) in [6.45, 7) is 0. The summed E-state index contributed by atoms with van der Waals surface area (Å²) in [5, 5.41) is 1.06. The number of aromatic nitrogens is 1. The zero-order valence-corrected chi connectivity index (χ0v) is 8.05. The Bertz CT molecular complexity index is 584. The molecule has 0 aliphatic heterocycles. The van der Waals surface area contributed by atoms with Gasteiger partial charge in [0.05, 0.1) is 12.0 Å². The first-order chi connectivity index (χ1) is 7.45. The van der Waals surface area contributed by atoms with Crippen LogP contribution in [0.1, 0.15) is 0 Å². The predicted octanol–water partition coefficient (Wildman–Crippen LogP) is 3.49. The summed E-state index contributed by atoms with van der Waals surface area (Å²) in [5.74, 6) is 0. The summed E-state index contributed by atoms with van der Waals surface area (Å²) in [6, 6.07) is 13.9. The number of nitrogens with zero attached hydrogens (tertiary/aromatic N) is 1. The highest BCUT2D eigenvalue weighted by Gasteiger charge is 2.05. The zero-order valence-electron chi connectivity index (χ0n) is 8.05. The Hall–Kier alpha value is -2.09. The van der Waals surface area contributed by atoms with Crippen LogP contribution in [0.4, 0.5) is 0 Å². The van der Waals surface area contributed by atoms with Gasteiger partial charge in [-0.2, -0.15) is 0 Å². The Labute approximate surface area is 87.2 Å². The largest absolute Gasteiger partial charge is 0.464 e. The van der Waals surface area contributed by atoms with Crippen LogP contribution >= 0.6 is 0 Å². The minimum absolute atomic E-state index is 0.879. The van der Waals surface area contributed by atoms with Gasteiger partial charge in [-0.3, -0.25) is 4.98 Å². The summed E-state index contributed by atoms with van der Waals surface area (Å²) in [7, 11) is 0. The van der Waals surface area contributed by atoms with Crippen molar-refractivity contribution in [1.29, 1.82) is 0 Å². The SMILES string of the molecule is c1ccc(-c2nccc3occc23)cc1. The Morgan fingerprint density at radius 2 is 1.80 bits per heavy atom. The molecule has 0 saturated heterocycles. The fraction of sp³-hybridized carbons (Fsp3) is 0. The fourth-order valence-electron chi connectivity index (χ4n) is 1.72. The van der Waals surface area contributed by atoms with Gasteiger partial charge < -0.3 is 4.42 Å². The van der Waals surface area contributed by atoms with E-state index in [1.807, 2.05) is 30.3 Å². The van der Waals surface area contributed by atoms with E-state index in [-0.39, 0.29) is 0 Å². The minimum Gasteiger partial charge on any atom is -0.464 e. The van der Waals surface area contributed by atoms with Crippen LogP contribution in [0.3, 0.4) is 0 Å². The molecule has 0 radical (unpaired) electrons. The molecule has 0 fully saturated rings. The number of benzene rings is 1. The standard InChI is InChI=1S/C13H9NO/c1-2-4-10(5-3-1)13-11-7-9-15-12(11)6-8-14-13/h1-9H. The highest BCUT2D eigenvalue weighted by molar-refractivity contribution is 5.91. The van der Waals surface area contributed by atoms with E-state index in [9.17, 15) is 0 Å². The third kappa shape index (κ3) is 1.31. The molecule has 0 atom stereocenters. The topological polar surface area (TPSA) is 26.0 Å². The Morgan fingerprint density at radius 3 is 2.67 bits per heavy atom. The smallest absolute Gasteiger partial charge is 0.137 e. The molecule has 0 spiro atoms. The Balaban J connectivity index is 2.31. The molecule has 1 aromatic carbocycles. The molecule has 3 rings (SSSR count). The second-order valence-electron chi connectivity index (χ2n) is 3.36. The van der Waals surface area contributed by atoms with Crippen molar-refractivity contribution in [3.63, 3.8) is 0 Å². The van der Waals surface area contributed by atoms with Crippen LogP contribution in [0.15, 0.2) is 59.3 Å². The van der Waals surface area contributed by atoms with Crippen molar-refractivity contribution in [2.75, 3.05) is 0 Å². The lowest BCUT2D eigenvalue weighted by Crippen LogP contribution is -1.82. The molecule has 3 aromatic rings. The zero-order chi connectivity index (χ0) is 10.1. The van der Waals surface area contributed by atoms with Gasteiger partial charge in [0, 0.05) is 17.1 Å². The van der Waals surface area contributed by atoms with Crippen molar-refractivity contribution in [3.8, 4) is 11.3 Å². The van der Waals surface area contributed by atoms with E-state index < -0.39 is 0 Å². The lowest BCUT2D eigenvalue weighted by atomic mass is 10.1. The molecule has 0 bridgehead atoms. The van der Waals surface area contributed by atoms with Crippen LogP contribution in [-0.4, -0.2) is 4.98 Å². The molecular weight excluding hydrogens is 186 g/mol. The second-order valence-corrected chi connectivity index (χ2v) is 3.36. The van der Waals surface area contributed by atoms with Crippen LogP contribution in [0.5, 0.6) is 0 Å². The Morgan fingerprint density at radius 1 is 0.933 bits per heavy atom. The third-order valence-corrected chi connectivity index (χ3v) is 2.43. The first kappa shape index (κ1) is 8.24. The monoisotopic (exact) mass is 195 g/mol. The average Bonchev–Trinajstić information content (AvgIpc) is 2.78. The van der Waals surface area contributed by atoms with E-state index in [4.69, 9.17) is 4.42 Å². The van der Waals surface area contributed by atoms with Crippen LogP contribution < -0.4 is 0 Å². The number of pyridine rings is 1. The summed E-state index contributed by atoms with van der Waals surface area (Å²) < 4.78 is 5.34. The Kier molecular flexibility index (Phi) is 1.78. The first-order valence-corrected chi connectivity index (χ1v) is 4.83. The lowest BCUT2D eigenvalue weighted by Gasteiger charge is -2.00. The van der Waals surface area contributed by atoms with Crippen molar-refractivity contribution in [2.24, 2.45) is 0 Å². The minimum atomic E-state index is 0.879. The van der Waals surface area contributed by atoms with Crippen molar-refractivity contribution in [1.82, 2.24) is 4.98 Å². The molecule has 2 nitrogen and oxygen atoms in total. The number of fused-ring (bicyclic) bond motifs is 1. The summed E-state index contributed by atoms with van der Waals surface area (Å²) in [4.78, 5) is 4.39. The first-order valence-electron chi connectivity index (χ1n) is 4.83. The van der Waals surface area contributed by atoms with E-state index >= 15 is 0 Å².